The Morgan fingerprint density at radius 1 is 1.30 bits per heavy atom. The van der Waals surface area contributed by atoms with Crippen molar-refractivity contribution in [1.29, 1.82) is 0 Å². The first-order chi connectivity index (χ1) is 9.49. The van der Waals surface area contributed by atoms with Crippen molar-refractivity contribution in [2.24, 2.45) is 5.92 Å². The zero-order valence-electron chi connectivity index (χ0n) is 11.8. The second kappa shape index (κ2) is 7.53. The SMILES string of the molecule is CCCCC(CC)C(=O)Nc1cc(C(=O)O)ccc1O. The number of unbranched alkanes of at least 4 members (excludes halogenated alkanes) is 1. The lowest BCUT2D eigenvalue weighted by atomic mass is 9.98. The molecule has 0 fully saturated rings. The molecule has 1 atom stereocenters. The fraction of sp³-hybridized carbons (Fsp3) is 0.467. The van der Waals surface area contributed by atoms with Crippen LogP contribution in [0.2, 0.25) is 0 Å². The van der Waals surface area contributed by atoms with E-state index >= 15 is 0 Å². The summed E-state index contributed by atoms with van der Waals surface area (Å²) in [5.41, 5.74) is 0.171. The van der Waals surface area contributed by atoms with Gasteiger partial charge in [0.1, 0.15) is 5.75 Å². The summed E-state index contributed by atoms with van der Waals surface area (Å²) in [7, 11) is 0. The normalized spacial score (nSPS) is 11.9. The van der Waals surface area contributed by atoms with Crippen LogP contribution in [0.3, 0.4) is 0 Å². The van der Waals surface area contributed by atoms with Gasteiger partial charge in [0.15, 0.2) is 0 Å². The van der Waals surface area contributed by atoms with E-state index in [1.165, 1.54) is 18.2 Å². The van der Waals surface area contributed by atoms with Crippen LogP contribution in [-0.2, 0) is 4.79 Å². The van der Waals surface area contributed by atoms with E-state index in [2.05, 4.69) is 12.2 Å². The highest BCUT2D eigenvalue weighted by Gasteiger charge is 2.18. The zero-order valence-corrected chi connectivity index (χ0v) is 11.8. The predicted molar refractivity (Wildman–Crippen MR) is 77.0 cm³/mol. The van der Waals surface area contributed by atoms with Gasteiger partial charge in [0.05, 0.1) is 11.3 Å². The number of hydrogen-bond donors (Lipinski definition) is 3. The number of aromatic hydroxyl groups is 1. The van der Waals surface area contributed by atoms with E-state index in [1.54, 1.807) is 0 Å². The number of phenols is 1. The highest BCUT2D eigenvalue weighted by atomic mass is 16.4. The van der Waals surface area contributed by atoms with E-state index in [4.69, 9.17) is 5.11 Å². The van der Waals surface area contributed by atoms with Crippen molar-refractivity contribution in [1.82, 2.24) is 0 Å². The van der Waals surface area contributed by atoms with Crippen molar-refractivity contribution in [3.8, 4) is 5.75 Å². The van der Waals surface area contributed by atoms with E-state index < -0.39 is 5.97 Å². The summed E-state index contributed by atoms with van der Waals surface area (Å²) in [6.07, 6.45) is 3.49. The second-order valence-electron chi connectivity index (χ2n) is 4.77. The minimum Gasteiger partial charge on any atom is -0.506 e. The van der Waals surface area contributed by atoms with Crippen molar-refractivity contribution in [2.45, 2.75) is 39.5 Å². The van der Waals surface area contributed by atoms with E-state index in [0.29, 0.717) is 6.42 Å². The third-order valence-electron chi connectivity index (χ3n) is 3.27. The van der Waals surface area contributed by atoms with Gasteiger partial charge in [-0.25, -0.2) is 4.79 Å². The molecule has 0 saturated heterocycles. The molecule has 5 heteroatoms. The molecule has 1 amide bonds. The van der Waals surface area contributed by atoms with Crippen molar-refractivity contribution in [3.05, 3.63) is 23.8 Å². The number of phenolic OH excluding ortho intramolecular Hbond substituents is 1. The van der Waals surface area contributed by atoms with E-state index in [1.807, 2.05) is 6.92 Å². The molecule has 5 nitrogen and oxygen atoms in total. The summed E-state index contributed by atoms with van der Waals surface area (Å²) in [6.45, 7) is 4.00. The maximum absolute atomic E-state index is 12.1. The van der Waals surface area contributed by atoms with Gasteiger partial charge in [-0.05, 0) is 31.0 Å². The third-order valence-corrected chi connectivity index (χ3v) is 3.27. The number of carboxylic acid groups (broad SMARTS) is 1. The summed E-state index contributed by atoms with van der Waals surface area (Å²) in [5.74, 6) is -1.53. The molecule has 110 valence electrons. The first kappa shape index (κ1) is 16.0. The van der Waals surface area contributed by atoms with Gasteiger partial charge >= 0.3 is 5.97 Å². The molecule has 0 spiro atoms. The quantitative estimate of drug-likeness (QED) is 0.669. The Morgan fingerprint density at radius 3 is 2.55 bits per heavy atom. The zero-order chi connectivity index (χ0) is 15.1. The van der Waals surface area contributed by atoms with Crippen molar-refractivity contribution in [3.63, 3.8) is 0 Å². The van der Waals surface area contributed by atoms with Crippen LogP contribution >= 0.6 is 0 Å². The third kappa shape index (κ3) is 4.26. The first-order valence-corrected chi connectivity index (χ1v) is 6.86. The molecule has 0 aliphatic heterocycles. The highest BCUT2D eigenvalue weighted by molar-refractivity contribution is 5.96. The van der Waals surface area contributed by atoms with Crippen molar-refractivity contribution >= 4 is 17.6 Å². The number of amides is 1. The molecular formula is C15H21NO4. The average molecular weight is 279 g/mol. The smallest absolute Gasteiger partial charge is 0.335 e. The van der Waals surface area contributed by atoms with Crippen LogP contribution in [0.25, 0.3) is 0 Å². The molecule has 1 unspecified atom stereocenters. The average Bonchev–Trinajstić information content (AvgIpc) is 2.41. The number of benzene rings is 1. The van der Waals surface area contributed by atoms with Crippen molar-refractivity contribution in [2.75, 3.05) is 5.32 Å². The summed E-state index contributed by atoms with van der Waals surface area (Å²) in [6, 6.07) is 3.83. The van der Waals surface area contributed by atoms with Crippen LogP contribution in [0.1, 0.15) is 49.9 Å². The lowest BCUT2D eigenvalue weighted by Crippen LogP contribution is -2.22. The molecule has 1 aromatic rings. The number of carbonyl (C=O) groups excluding carboxylic acids is 1. The molecule has 0 heterocycles. The Labute approximate surface area is 118 Å². The molecule has 1 aromatic carbocycles. The van der Waals surface area contributed by atoms with Crippen LogP contribution in [0.5, 0.6) is 5.75 Å². The first-order valence-electron chi connectivity index (χ1n) is 6.86. The van der Waals surface area contributed by atoms with Crippen LogP contribution in [0, 0.1) is 5.92 Å². The van der Waals surface area contributed by atoms with Crippen LogP contribution < -0.4 is 5.32 Å². The minimum atomic E-state index is -1.10. The standard InChI is InChI=1S/C15H21NO4/c1-3-5-6-10(4-2)14(18)16-12-9-11(15(19)20)7-8-13(12)17/h7-10,17H,3-6H2,1-2H3,(H,16,18)(H,19,20). The molecule has 20 heavy (non-hydrogen) atoms. The molecule has 0 bridgehead atoms. The van der Waals surface area contributed by atoms with Gasteiger partial charge in [0.2, 0.25) is 5.91 Å². The molecule has 0 radical (unpaired) electrons. The van der Waals surface area contributed by atoms with Gasteiger partial charge in [-0.2, -0.15) is 0 Å². The molecule has 0 aliphatic rings. The van der Waals surface area contributed by atoms with E-state index in [-0.39, 0.29) is 28.8 Å². The number of anilines is 1. The highest BCUT2D eigenvalue weighted by Crippen LogP contribution is 2.26. The fourth-order valence-electron chi connectivity index (χ4n) is 1.98. The van der Waals surface area contributed by atoms with Gasteiger partial charge in [0.25, 0.3) is 0 Å². The molecule has 0 aromatic heterocycles. The van der Waals surface area contributed by atoms with E-state index in [9.17, 15) is 14.7 Å². The van der Waals surface area contributed by atoms with Gasteiger partial charge in [-0.15, -0.1) is 0 Å². The number of aromatic carboxylic acids is 1. The van der Waals surface area contributed by atoms with Crippen LogP contribution in [0.4, 0.5) is 5.69 Å². The largest absolute Gasteiger partial charge is 0.506 e. The van der Waals surface area contributed by atoms with Gasteiger partial charge in [0, 0.05) is 5.92 Å². The number of nitrogens with one attached hydrogen (secondary N) is 1. The lowest BCUT2D eigenvalue weighted by molar-refractivity contribution is -0.120. The van der Waals surface area contributed by atoms with Gasteiger partial charge in [-0.3, -0.25) is 4.79 Å². The lowest BCUT2D eigenvalue weighted by Gasteiger charge is -2.15. The predicted octanol–water partition coefficient (Wildman–Crippen LogP) is 3.25. The van der Waals surface area contributed by atoms with Gasteiger partial charge < -0.3 is 15.5 Å². The van der Waals surface area contributed by atoms with Gasteiger partial charge in [-0.1, -0.05) is 26.7 Å². The monoisotopic (exact) mass is 279 g/mol. The van der Waals surface area contributed by atoms with Crippen LogP contribution in [-0.4, -0.2) is 22.1 Å². The number of carbonyl (C=O) groups is 2. The summed E-state index contributed by atoms with van der Waals surface area (Å²) in [4.78, 5) is 23.0. The summed E-state index contributed by atoms with van der Waals surface area (Å²) in [5, 5.41) is 21.2. The second-order valence-corrected chi connectivity index (χ2v) is 4.77. The summed E-state index contributed by atoms with van der Waals surface area (Å²) >= 11 is 0. The number of rotatable bonds is 7. The number of hydrogen-bond acceptors (Lipinski definition) is 3. The molecule has 0 aliphatic carbocycles. The molecule has 1 rings (SSSR count). The Morgan fingerprint density at radius 2 is 2.00 bits per heavy atom. The van der Waals surface area contributed by atoms with E-state index in [0.717, 1.165) is 19.3 Å². The Kier molecular flexibility index (Phi) is 6.03. The topological polar surface area (TPSA) is 86.6 Å². The van der Waals surface area contributed by atoms with Crippen LogP contribution in [0.15, 0.2) is 18.2 Å². The Hall–Kier alpha value is -2.04. The van der Waals surface area contributed by atoms with Crippen molar-refractivity contribution < 1.29 is 19.8 Å². The molecule has 0 saturated carbocycles. The maximum Gasteiger partial charge on any atom is 0.335 e. The molecular weight excluding hydrogens is 258 g/mol. The Balaban J connectivity index is 2.83. The minimum absolute atomic E-state index is 0.0275. The fourth-order valence-corrected chi connectivity index (χ4v) is 1.98. The number of carboxylic acids is 1. The summed E-state index contributed by atoms with van der Waals surface area (Å²) < 4.78 is 0. The molecule has 3 N–H and O–H groups in total. The Bertz CT molecular complexity index is 485. The maximum atomic E-state index is 12.1.